The molecular formula is C15H12N2O3S. The summed E-state index contributed by atoms with van der Waals surface area (Å²) >= 11 is 0. The van der Waals surface area contributed by atoms with Crippen LogP contribution in [0.1, 0.15) is 17.5 Å². The minimum atomic E-state index is -3.86. The standard InChI is InChI=1S/C15H12N2O3S/c1-11(18)15-16-13-9-5-6-10-14(13)17(15)21(19,20)12-7-3-2-4-8-12/h2-10H,1H3. The molecule has 0 unspecified atom stereocenters. The van der Waals surface area contributed by atoms with E-state index in [1.54, 1.807) is 42.5 Å². The lowest BCUT2D eigenvalue weighted by Crippen LogP contribution is -2.18. The highest BCUT2D eigenvalue weighted by atomic mass is 32.2. The number of imidazole rings is 1. The lowest BCUT2D eigenvalue weighted by Gasteiger charge is -2.08. The van der Waals surface area contributed by atoms with E-state index in [1.165, 1.54) is 19.1 Å². The smallest absolute Gasteiger partial charge is 0.270 e. The first-order chi connectivity index (χ1) is 10.0. The fourth-order valence-electron chi connectivity index (χ4n) is 2.17. The maximum atomic E-state index is 12.8. The molecular weight excluding hydrogens is 288 g/mol. The van der Waals surface area contributed by atoms with Gasteiger partial charge in [-0.15, -0.1) is 0 Å². The van der Waals surface area contributed by atoms with Crippen molar-refractivity contribution in [3.63, 3.8) is 0 Å². The molecule has 21 heavy (non-hydrogen) atoms. The summed E-state index contributed by atoms with van der Waals surface area (Å²) in [5.41, 5.74) is 0.869. The van der Waals surface area contributed by atoms with E-state index in [9.17, 15) is 13.2 Å². The molecule has 0 saturated carbocycles. The summed E-state index contributed by atoms with van der Waals surface area (Å²) in [6.45, 7) is 1.30. The Morgan fingerprint density at radius 2 is 1.62 bits per heavy atom. The van der Waals surface area contributed by atoms with E-state index in [4.69, 9.17) is 0 Å². The van der Waals surface area contributed by atoms with Crippen LogP contribution in [0.15, 0.2) is 59.5 Å². The van der Waals surface area contributed by atoms with Gasteiger partial charge < -0.3 is 0 Å². The first-order valence-electron chi connectivity index (χ1n) is 6.31. The molecule has 0 amide bonds. The number of para-hydroxylation sites is 2. The van der Waals surface area contributed by atoms with Crippen LogP contribution in [0, 0.1) is 0 Å². The molecule has 0 atom stereocenters. The van der Waals surface area contributed by atoms with Crippen molar-refractivity contribution in [2.45, 2.75) is 11.8 Å². The van der Waals surface area contributed by atoms with Crippen molar-refractivity contribution in [2.24, 2.45) is 0 Å². The van der Waals surface area contributed by atoms with Gasteiger partial charge in [0.1, 0.15) is 0 Å². The number of hydrogen-bond donors (Lipinski definition) is 0. The van der Waals surface area contributed by atoms with E-state index >= 15 is 0 Å². The lowest BCUT2D eigenvalue weighted by atomic mass is 10.3. The van der Waals surface area contributed by atoms with Gasteiger partial charge in [0.25, 0.3) is 10.0 Å². The van der Waals surface area contributed by atoms with Crippen molar-refractivity contribution >= 4 is 26.8 Å². The summed E-state index contributed by atoms with van der Waals surface area (Å²) in [6.07, 6.45) is 0. The number of carbonyl (C=O) groups excluding carboxylic acids is 1. The van der Waals surface area contributed by atoms with E-state index < -0.39 is 15.8 Å². The Kier molecular flexibility index (Phi) is 3.10. The SMILES string of the molecule is CC(=O)c1nc2ccccc2n1S(=O)(=O)c1ccccc1. The number of benzene rings is 2. The number of nitrogens with zero attached hydrogens (tertiary/aromatic N) is 2. The highest BCUT2D eigenvalue weighted by Crippen LogP contribution is 2.23. The second kappa shape index (κ2) is 4.82. The molecule has 0 radical (unpaired) electrons. The van der Waals surface area contributed by atoms with Crippen LogP contribution in [-0.4, -0.2) is 23.2 Å². The minimum Gasteiger partial charge on any atom is -0.291 e. The third kappa shape index (κ3) is 2.13. The topological polar surface area (TPSA) is 69.0 Å². The first kappa shape index (κ1) is 13.5. The molecule has 1 aromatic heterocycles. The Balaban J connectivity index is 2.39. The highest BCUT2D eigenvalue weighted by Gasteiger charge is 2.25. The van der Waals surface area contributed by atoms with Crippen LogP contribution in [0.5, 0.6) is 0 Å². The fourth-order valence-corrected chi connectivity index (χ4v) is 3.69. The van der Waals surface area contributed by atoms with E-state index in [-0.39, 0.29) is 10.7 Å². The monoisotopic (exact) mass is 300 g/mol. The molecule has 3 rings (SSSR count). The highest BCUT2D eigenvalue weighted by molar-refractivity contribution is 7.90. The molecule has 3 aromatic rings. The largest absolute Gasteiger partial charge is 0.291 e. The Bertz CT molecular complexity index is 928. The van der Waals surface area contributed by atoms with E-state index in [2.05, 4.69) is 4.98 Å². The van der Waals surface area contributed by atoms with Gasteiger partial charge in [-0.1, -0.05) is 30.3 Å². The molecule has 0 N–H and O–H groups in total. The Labute approximate surface area is 121 Å². The van der Waals surface area contributed by atoms with E-state index in [0.717, 1.165) is 3.97 Å². The van der Waals surface area contributed by atoms with E-state index in [1.807, 2.05) is 0 Å². The molecule has 0 aliphatic rings. The number of fused-ring (bicyclic) bond motifs is 1. The van der Waals surface area contributed by atoms with Gasteiger partial charge in [0.05, 0.1) is 15.9 Å². The molecule has 1 heterocycles. The van der Waals surface area contributed by atoms with Crippen LogP contribution < -0.4 is 0 Å². The van der Waals surface area contributed by atoms with E-state index in [0.29, 0.717) is 11.0 Å². The third-order valence-electron chi connectivity index (χ3n) is 3.12. The Hall–Kier alpha value is -2.47. The van der Waals surface area contributed by atoms with Gasteiger partial charge in [0, 0.05) is 6.92 Å². The summed E-state index contributed by atoms with van der Waals surface area (Å²) in [6, 6.07) is 14.8. The molecule has 0 fully saturated rings. The van der Waals surface area contributed by atoms with Crippen molar-refractivity contribution in [1.29, 1.82) is 0 Å². The number of Topliss-reactive ketones (excluding diaryl/α,β-unsaturated/α-hetero) is 1. The zero-order valence-corrected chi connectivity index (χ0v) is 12.0. The minimum absolute atomic E-state index is 0.0833. The summed E-state index contributed by atoms with van der Waals surface area (Å²) in [5, 5.41) is 0. The van der Waals surface area contributed by atoms with Crippen LogP contribution >= 0.6 is 0 Å². The normalized spacial score (nSPS) is 11.7. The van der Waals surface area contributed by atoms with Crippen molar-refractivity contribution in [1.82, 2.24) is 8.96 Å². The van der Waals surface area contributed by atoms with Crippen LogP contribution in [-0.2, 0) is 10.0 Å². The van der Waals surface area contributed by atoms with Crippen molar-refractivity contribution in [3.05, 3.63) is 60.4 Å². The van der Waals surface area contributed by atoms with Crippen LogP contribution in [0.4, 0.5) is 0 Å². The number of ketones is 1. The van der Waals surface area contributed by atoms with Crippen LogP contribution in [0.2, 0.25) is 0 Å². The van der Waals surface area contributed by atoms with Crippen molar-refractivity contribution < 1.29 is 13.2 Å². The second-order valence-electron chi connectivity index (χ2n) is 4.56. The third-order valence-corrected chi connectivity index (χ3v) is 4.83. The predicted molar refractivity (Wildman–Crippen MR) is 78.8 cm³/mol. The number of carbonyl (C=O) groups is 1. The van der Waals surface area contributed by atoms with Gasteiger partial charge in [0.2, 0.25) is 0 Å². The molecule has 0 bridgehead atoms. The summed E-state index contributed by atoms with van der Waals surface area (Å²) in [5.74, 6) is -0.481. The van der Waals surface area contributed by atoms with Gasteiger partial charge in [-0.2, -0.15) is 0 Å². The zero-order chi connectivity index (χ0) is 15.0. The van der Waals surface area contributed by atoms with Crippen molar-refractivity contribution in [2.75, 3.05) is 0 Å². The molecule has 2 aromatic carbocycles. The molecule has 0 spiro atoms. The van der Waals surface area contributed by atoms with Crippen LogP contribution in [0.25, 0.3) is 11.0 Å². The molecule has 5 nitrogen and oxygen atoms in total. The number of aromatic nitrogens is 2. The number of hydrogen-bond acceptors (Lipinski definition) is 4. The molecule has 0 saturated heterocycles. The molecule has 0 aliphatic heterocycles. The summed E-state index contributed by atoms with van der Waals surface area (Å²) < 4.78 is 26.6. The Morgan fingerprint density at radius 3 is 2.29 bits per heavy atom. The summed E-state index contributed by atoms with van der Waals surface area (Å²) in [4.78, 5) is 16.0. The summed E-state index contributed by atoms with van der Waals surface area (Å²) in [7, 11) is -3.86. The molecule has 0 aliphatic carbocycles. The Morgan fingerprint density at radius 1 is 1.00 bits per heavy atom. The lowest BCUT2D eigenvalue weighted by molar-refractivity contribution is 0.100. The number of rotatable bonds is 3. The van der Waals surface area contributed by atoms with Gasteiger partial charge in [-0.3, -0.25) is 4.79 Å². The average Bonchev–Trinajstić information content (AvgIpc) is 2.88. The first-order valence-corrected chi connectivity index (χ1v) is 7.75. The second-order valence-corrected chi connectivity index (χ2v) is 6.35. The average molecular weight is 300 g/mol. The maximum Gasteiger partial charge on any atom is 0.270 e. The van der Waals surface area contributed by atoms with Gasteiger partial charge >= 0.3 is 0 Å². The predicted octanol–water partition coefficient (Wildman–Crippen LogP) is 2.48. The molecule has 106 valence electrons. The quantitative estimate of drug-likeness (QED) is 0.697. The van der Waals surface area contributed by atoms with Gasteiger partial charge in [0.15, 0.2) is 11.6 Å². The van der Waals surface area contributed by atoms with Crippen LogP contribution in [0.3, 0.4) is 0 Å². The van der Waals surface area contributed by atoms with Crippen molar-refractivity contribution in [3.8, 4) is 0 Å². The molecule has 6 heteroatoms. The maximum absolute atomic E-state index is 12.8. The fraction of sp³-hybridized carbons (Fsp3) is 0.0667. The zero-order valence-electron chi connectivity index (χ0n) is 11.2. The van der Waals surface area contributed by atoms with Gasteiger partial charge in [-0.05, 0) is 24.3 Å². The van der Waals surface area contributed by atoms with Gasteiger partial charge in [-0.25, -0.2) is 17.4 Å².